The van der Waals surface area contributed by atoms with Gasteiger partial charge < -0.3 is 30.3 Å². The summed E-state index contributed by atoms with van der Waals surface area (Å²) in [4.78, 5) is 0. The van der Waals surface area contributed by atoms with E-state index in [1.165, 1.54) is 16.2 Å². The molecule has 0 N–H and O–H groups in total. The standard InChI is InChI=1S/C12H12P.C5H5.Fe/c1-10-6-2-5-9-12(10)13-11-7-3-4-8-11;1-2-4-5-3-1;/h2-9,13H,1H3;1-5H;/q-1;-5;. The van der Waals surface area contributed by atoms with E-state index in [0.717, 1.165) is 8.58 Å². The Bertz CT molecular complexity index is 521. The smallest absolute Gasteiger partial charge is 0 e. The molecule has 3 aromatic rings. The first-order chi connectivity index (χ1) is 8.86. The van der Waals surface area contributed by atoms with Gasteiger partial charge in [-0.25, -0.2) is 12.1 Å². The third-order valence-corrected chi connectivity index (χ3v) is 4.09. The molecule has 2 heteroatoms. The third kappa shape index (κ3) is 5.57. The van der Waals surface area contributed by atoms with Gasteiger partial charge in [0.25, 0.3) is 0 Å². The fourth-order valence-electron chi connectivity index (χ4n) is 1.65. The van der Waals surface area contributed by atoms with Crippen LogP contribution in [-0.2, 0) is 17.1 Å². The van der Waals surface area contributed by atoms with Crippen molar-refractivity contribution in [2.24, 2.45) is 0 Å². The van der Waals surface area contributed by atoms with Crippen LogP contribution in [0.1, 0.15) is 5.56 Å². The van der Waals surface area contributed by atoms with Crippen LogP contribution in [0, 0.1) is 6.92 Å². The molecule has 0 saturated carbocycles. The van der Waals surface area contributed by atoms with Gasteiger partial charge in [-0.05, 0) is 17.8 Å². The van der Waals surface area contributed by atoms with Crippen molar-refractivity contribution in [2.45, 2.75) is 6.92 Å². The van der Waals surface area contributed by atoms with Gasteiger partial charge in [0.1, 0.15) is 0 Å². The molecule has 0 aromatic heterocycles. The van der Waals surface area contributed by atoms with Gasteiger partial charge in [0.2, 0.25) is 0 Å². The average Bonchev–Trinajstić information content (AvgIpc) is 3.06. The maximum atomic E-state index is 2.21. The Morgan fingerprint density at radius 2 is 1.37 bits per heavy atom. The molecule has 0 aliphatic carbocycles. The van der Waals surface area contributed by atoms with Crippen LogP contribution in [-0.4, -0.2) is 0 Å². The zero-order chi connectivity index (χ0) is 12.6. The molecule has 0 amide bonds. The molecular formula is C17H17FeP-6. The Hall–Kier alpha value is -1.13. The van der Waals surface area contributed by atoms with Crippen LogP contribution in [0.4, 0.5) is 0 Å². The first-order valence-electron chi connectivity index (χ1n) is 6.07. The van der Waals surface area contributed by atoms with Gasteiger partial charge in [0, 0.05) is 17.1 Å². The fraction of sp³-hybridized carbons (Fsp3) is 0.0588. The minimum atomic E-state index is 0. The summed E-state index contributed by atoms with van der Waals surface area (Å²) in [7, 11) is 0.800. The second-order valence-corrected chi connectivity index (χ2v) is 5.44. The van der Waals surface area contributed by atoms with E-state index in [-0.39, 0.29) is 17.1 Å². The van der Waals surface area contributed by atoms with E-state index >= 15 is 0 Å². The van der Waals surface area contributed by atoms with Crippen LogP contribution in [0.15, 0.2) is 78.9 Å². The molecule has 0 aliphatic heterocycles. The predicted octanol–water partition coefficient (Wildman–Crippen LogP) is 3.75. The van der Waals surface area contributed by atoms with Gasteiger partial charge >= 0.3 is 0 Å². The Kier molecular flexibility index (Phi) is 7.45. The van der Waals surface area contributed by atoms with E-state index in [0.29, 0.717) is 0 Å². The molecule has 0 fully saturated rings. The van der Waals surface area contributed by atoms with Crippen LogP contribution < -0.4 is 10.6 Å². The Balaban J connectivity index is 0.000000256. The van der Waals surface area contributed by atoms with Crippen LogP contribution in [0.3, 0.4) is 0 Å². The van der Waals surface area contributed by atoms with Crippen LogP contribution >= 0.6 is 8.58 Å². The van der Waals surface area contributed by atoms with E-state index in [1.807, 2.05) is 30.3 Å². The molecule has 3 rings (SSSR count). The first-order valence-corrected chi connectivity index (χ1v) is 7.07. The van der Waals surface area contributed by atoms with Crippen LogP contribution in [0.2, 0.25) is 0 Å². The van der Waals surface area contributed by atoms with E-state index in [1.54, 1.807) is 0 Å². The number of hydrogen-bond acceptors (Lipinski definition) is 0. The second kappa shape index (κ2) is 8.88. The van der Waals surface area contributed by atoms with E-state index in [4.69, 9.17) is 0 Å². The monoisotopic (exact) mass is 308 g/mol. The summed E-state index contributed by atoms with van der Waals surface area (Å²) in [5.74, 6) is 0. The molecule has 0 aliphatic rings. The van der Waals surface area contributed by atoms with Crippen molar-refractivity contribution < 1.29 is 17.1 Å². The molecule has 1 atom stereocenters. The van der Waals surface area contributed by atoms with Gasteiger partial charge in [-0.2, -0.15) is 12.1 Å². The van der Waals surface area contributed by atoms with Gasteiger partial charge in [-0.3, -0.25) is 0 Å². The summed E-state index contributed by atoms with van der Waals surface area (Å²) >= 11 is 0. The summed E-state index contributed by atoms with van der Waals surface area (Å²) in [5.41, 5.74) is 1.39. The molecule has 19 heavy (non-hydrogen) atoms. The van der Waals surface area contributed by atoms with Crippen molar-refractivity contribution >= 4 is 19.2 Å². The summed E-state index contributed by atoms with van der Waals surface area (Å²) in [6, 6.07) is 27.1. The molecule has 0 spiro atoms. The Morgan fingerprint density at radius 1 is 0.842 bits per heavy atom. The topological polar surface area (TPSA) is 0 Å². The minimum Gasteiger partial charge on any atom is -0.748 e. The largest absolute Gasteiger partial charge is 0.748 e. The number of aryl methyl sites for hydroxylation is 1. The summed E-state index contributed by atoms with van der Waals surface area (Å²) in [6.45, 7) is 2.17. The first kappa shape index (κ1) is 15.9. The van der Waals surface area contributed by atoms with Crippen molar-refractivity contribution in [3.63, 3.8) is 0 Å². The van der Waals surface area contributed by atoms with Crippen molar-refractivity contribution in [3.8, 4) is 0 Å². The summed E-state index contributed by atoms with van der Waals surface area (Å²) in [6.07, 6.45) is 0. The minimum absolute atomic E-state index is 0. The van der Waals surface area contributed by atoms with Crippen molar-refractivity contribution in [1.29, 1.82) is 0 Å². The van der Waals surface area contributed by atoms with E-state index in [2.05, 4.69) is 55.5 Å². The van der Waals surface area contributed by atoms with Gasteiger partial charge in [-0.1, -0.05) is 24.3 Å². The number of hydrogen-bond donors (Lipinski definition) is 0. The quantitative estimate of drug-likeness (QED) is 0.384. The van der Waals surface area contributed by atoms with Gasteiger partial charge in [-0.15, -0.1) is 13.9 Å². The number of benzene rings is 1. The van der Waals surface area contributed by atoms with Crippen molar-refractivity contribution in [3.05, 3.63) is 84.4 Å². The number of rotatable bonds is 2. The van der Waals surface area contributed by atoms with Crippen LogP contribution in [0.25, 0.3) is 0 Å². The van der Waals surface area contributed by atoms with Gasteiger partial charge in [0.05, 0.1) is 0 Å². The third-order valence-electron chi connectivity index (χ3n) is 2.64. The van der Waals surface area contributed by atoms with Crippen LogP contribution in [0.5, 0.6) is 0 Å². The second-order valence-electron chi connectivity index (χ2n) is 4.08. The molecule has 0 radical (unpaired) electrons. The molecule has 1 unspecified atom stereocenters. The van der Waals surface area contributed by atoms with E-state index < -0.39 is 0 Å². The predicted molar refractivity (Wildman–Crippen MR) is 82.8 cm³/mol. The zero-order valence-corrected chi connectivity index (χ0v) is 13.0. The zero-order valence-electron chi connectivity index (χ0n) is 10.9. The molecule has 3 aromatic carbocycles. The van der Waals surface area contributed by atoms with Gasteiger partial charge in [0.15, 0.2) is 0 Å². The molecule has 0 saturated heterocycles. The molecule has 0 bridgehead atoms. The maximum Gasteiger partial charge on any atom is 0 e. The molecule has 0 nitrogen and oxygen atoms in total. The van der Waals surface area contributed by atoms with Crippen molar-refractivity contribution in [2.75, 3.05) is 0 Å². The molecular weight excluding hydrogens is 291 g/mol. The SMILES string of the molecule is Cc1ccccc1P[c-]1cccc1.[Fe].[cH-]1[cH-][cH-][cH-][cH-]1. The Morgan fingerprint density at radius 3 is 1.89 bits per heavy atom. The molecule has 0 heterocycles. The van der Waals surface area contributed by atoms with E-state index in [9.17, 15) is 0 Å². The normalized spacial score (nSPS) is 9.74. The Labute approximate surface area is 127 Å². The maximum absolute atomic E-state index is 2.21. The summed E-state index contributed by atoms with van der Waals surface area (Å²) < 4.78 is 0. The summed E-state index contributed by atoms with van der Waals surface area (Å²) in [5, 5.41) is 2.88. The fourth-order valence-corrected chi connectivity index (χ4v) is 2.78. The average molecular weight is 308 g/mol. The van der Waals surface area contributed by atoms with Crippen molar-refractivity contribution in [1.82, 2.24) is 0 Å². The molecule has 104 valence electrons.